The maximum Gasteiger partial charge on any atom is 0.411 e. The van der Waals surface area contributed by atoms with Crippen LogP contribution < -0.4 is 0 Å². The molecule has 0 radical (unpaired) electrons. The zero-order valence-electron chi connectivity index (χ0n) is 21.6. The molecule has 1 fully saturated rings. The topological polar surface area (TPSA) is 86.0 Å². The highest BCUT2D eigenvalue weighted by atomic mass is 35.5. The summed E-state index contributed by atoms with van der Waals surface area (Å²) in [7, 11) is 0. The highest BCUT2D eigenvalue weighted by molar-refractivity contribution is 6.24. The number of ether oxygens (including phenoxy) is 1. The summed E-state index contributed by atoms with van der Waals surface area (Å²) < 4.78 is 7.61. The number of benzene rings is 1. The number of hydrogen-bond donors (Lipinski definition) is 0. The van der Waals surface area contributed by atoms with Crippen LogP contribution in [-0.4, -0.2) is 41.3 Å². The van der Waals surface area contributed by atoms with Gasteiger partial charge in [-0.15, -0.1) is 21.8 Å². The Kier molecular flexibility index (Phi) is 6.27. The Hall–Kier alpha value is -3.00. The second kappa shape index (κ2) is 9.14. The first-order valence-corrected chi connectivity index (χ1v) is 12.9. The van der Waals surface area contributed by atoms with Gasteiger partial charge in [0.15, 0.2) is 5.82 Å². The number of nitrogens with zero attached hydrogens (tertiary/aromatic N) is 6. The van der Waals surface area contributed by atoms with Crippen molar-refractivity contribution in [3.63, 3.8) is 0 Å². The fourth-order valence-corrected chi connectivity index (χ4v) is 5.58. The van der Waals surface area contributed by atoms with Crippen molar-refractivity contribution >= 4 is 17.7 Å². The van der Waals surface area contributed by atoms with Crippen molar-refractivity contribution in [2.45, 2.75) is 89.8 Å². The Labute approximate surface area is 217 Å². The van der Waals surface area contributed by atoms with Gasteiger partial charge in [0, 0.05) is 17.3 Å². The van der Waals surface area contributed by atoms with Crippen molar-refractivity contribution in [2.75, 3.05) is 0 Å². The SMILES string of the molecule is Cc1cc(C)nc(C2CCC(Cl)(c3ccc4c(c3)CN(C(=O)OC(C)(C)C)Cc3nncn3-4)CC2)n1. The van der Waals surface area contributed by atoms with Crippen LogP contribution in [0.25, 0.3) is 5.69 Å². The Morgan fingerprint density at radius 1 is 1.08 bits per heavy atom. The molecule has 0 saturated heterocycles. The monoisotopic (exact) mass is 508 g/mol. The molecule has 1 amide bonds. The minimum atomic E-state index is -0.583. The quantitative estimate of drug-likeness (QED) is 0.412. The van der Waals surface area contributed by atoms with Crippen LogP contribution in [0.2, 0.25) is 0 Å². The number of carbonyl (C=O) groups is 1. The van der Waals surface area contributed by atoms with E-state index in [1.165, 1.54) is 0 Å². The van der Waals surface area contributed by atoms with E-state index in [2.05, 4.69) is 28.4 Å². The third-order valence-corrected chi connectivity index (χ3v) is 7.56. The lowest BCUT2D eigenvalue weighted by molar-refractivity contribution is 0.0214. The first-order valence-electron chi connectivity index (χ1n) is 12.5. The number of hydrogen-bond acceptors (Lipinski definition) is 6. The zero-order chi connectivity index (χ0) is 25.7. The van der Waals surface area contributed by atoms with Crippen molar-refractivity contribution in [1.82, 2.24) is 29.6 Å². The van der Waals surface area contributed by atoms with E-state index in [9.17, 15) is 4.79 Å². The fraction of sp³-hybridized carbons (Fsp3) is 0.519. The molecule has 0 spiro atoms. The van der Waals surface area contributed by atoms with Crippen LogP contribution in [0.3, 0.4) is 0 Å². The standard InChI is InChI=1S/C27H33ClN6O2/c1-17-12-18(2)31-24(30-17)19-8-10-27(28,11-9-19)21-6-7-22-20(13-21)14-33(25(35)36-26(3,4)5)15-23-32-29-16-34(22)23/h6-7,12-13,16,19H,8-11,14-15H2,1-5H3. The van der Waals surface area contributed by atoms with Crippen LogP contribution in [0.1, 0.15) is 86.5 Å². The molecule has 1 saturated carbocycles. The van der Waals surface area contributed by atoms with Gasteiger partial charge < -0.3 is 4.74 Å². The Morgan fingerprint density at radius 2 is 1.78 bits per heavy atom. The summed E-state index contributed by atoms with van der Waals surface area (Å²) >= 11 is 7.29. The van der Waals surface area contributed by atoms with Crippen molar-refractivity contribution in [1.29, 1.82) is 0 Å². The maximum absolute atomic E-state index is 13.0. The van der Waals surface area contributed by atoms with Crippen molar-refractivity contribution in [3.8, 4) is 5.69 Å². The molecule has 3 aromatic rings. The van der Waals surface area contributed by atoms with E-state index < -0.39 is 10.5 Å². The van der Waals surface area contributed by atoms with E-state index in [4.69, 9.17) is 26.3 Å². The van der Waals surface area contributed by atoms with Gasteiger partial charge in [0.2, 0.25) is 0 Å². The predicted molar refractivity (Wildman–Crippen MR) is 137 cm³/mol. The van der Waals surface area contributed by atoms with Crippen molar-refractivity contribution < 1.29 is 9.53 Å². The molecule has 1 aliphatic heterocycles. The smallest absolute Gasteiger partial charge is 0.411 e. The molecular formula is C27H33ClN6O2. The first kappa shape index (κ1) is 24.7. The molecule has 2 aliphatic rings. The minimum absolute atomic E-state index is 0.318. The summed E-state index contributed by atoms with van der Waals surface area (Å²) in [6, 6.07) is 8.32. The van der Waals surface area contributed by atoms with E-state index in [-0.39, 0.29) is 6.09 Å². The molecule has 1 aromatic carbocycles. The number of alkyl halides is 1. The average molecular weight is 509 g/mol. The van der Waals surface area contributed by atoms with Gasteiger partial charge >= 0.3 is 6.09 Å². The maximum atomic E-state index is 13.0. The second-order valence-electron chi connectivity index (χ2n) is 11.0. The van der Waals surface area contributed by atoms with Crippen LogP contribution in [0.15, 0.2) is 30.6 Å². The van der Waals surface area contributed by atoms with E-state index in [1.807, 2.05) is 45.3 Å². The van der Waals surface area contributed by atoms with Gasteiger partial charge in [0.25, 0.3) is 0 Å². The number of carbonyl (C=O) groups excluding carboxylic acids is 1. The lowest BCUT2D eigenvalue weighted by Gasteiger charge is -2.36. The van der Waals surface area contributed by atoms with Crippen molar-refractivity contribution in [2.24, 2.45) is 0 Å². The summed E-state index contributed by atoms with van der Waals surface area (Å²) in [6.07, 6.45) is 4.86. The van der Waals surface area contributed by atoms with Crippen LogP contribution >= 0.6 is 11.6 Å². The highest BCUT2D eigenvalue weighted by Gasteiger charge is 2.37. The highest BCUT2D eigenvalue weighted by Crippen LogP contribution is 2.48. The normalized spacial score (nSPS) is 21.9. The second-order valence-corrected chi connectivity index (χ2v) is 11.8. The molecule has 0 atom stereocenters. The fourth-order valence-electron chi connectivity index (χ4n) is 5.24. The van der Waals surface area contributed by atoms with Crippen molar-refractivity contribution in [3.05, 3.63) is 64.8 Å². The number of rotatable bonds is 2. The van der Waals surface area contributed by atoms with Gasteiger partial charge in [-0.3, -0.25) is 9.47 Å². The summed E-state index contributed by atoms with van der Waals surface area (Å²) in [6.45, 7) is 10.4. The number of fused-ring (bicyclic) bond motifs is 3. The molecule has 2 aromatic heterocycles. The molecule has 190 valence electrons. The number of amides is 1. The minimum Gasteiger partial charge on any atom is -0.444 e. The van der Waals surface area contributed by atoms with Gasteiger partial charge in [-0.05, 0) is 83.6 Å². The third kappa shape index (κ3) is 4.96. The van der Waals surface area contributed by atoms with Crippen LogP contribution in [-0.2, 0) is 22.7 Å². The molecular weight excluding hydrogens is 476 g/mol. The summed E-state index contributed by atoms with van der Waals surface area (Å²) in [5, 5.41) is 8.33. The molecule has 3 heterocycles. The molecule has 36 heavy (non-hydrogen) atoms. The van der Waals surface area contributed by atoms with E-state index in [0.717, 1.165) is 59.7 Å². The molecule has 9 heteroatoms. The molecule has 8 nitrogen and oxygen atoms in total. The van der Waals surface area contributed by atoms with Gasteiger partial charge in [0.05, 0.1) is 23.7 Å². The third-order valence-electron chi connectivity index (χ3n) is 6.96. The molecule has 0 bridgehead atoms. The molecule has 1 aliphatic carbocycles. The van der Waals surface area contributed by atoms with Gasteiger partial charge in [-0.25, -0.2) is 14.8 Å². The number of aryl methyl sites for hydroxylation is 2. The predicted octanol–water partition coefficient (Wildman–Crippen LogP) is 5.72. The van der Waals surface area contributed by atoms with E-state index in [0.29, 0.717) is 24.8 Å². The molecule has 0 N–H and O–H groups in total. The zero-order valence-corrected chi connectivity index (χ0v) is 22.3. The van der Waals surface area contributed by atoms with Crippen LogP contribution in [0.4, 0.5) is 4.79 Å². The molecule has 0 unspecified atom stereocenters. The van der Waals surface area contributed by atoms with Gasteiger partial charge in [-0.1, -0.05) is 12.1 Å². The number of halogens is 1. The Morgan fingerprint density at radius 3 is 2.44 bits per heavy atom. The lowest BCUT2D eigenvalue weighted by atomic mass is 9.77. The van der Waals surface area contributed by atoms with Crippen LogP contribution in [0.5, 0.6) is 0 Å². The summed E-state index contributed by atoms with van der Waals surface area (Å²) in [5.74, 6) is 1.95. The summed E-state index contributed by atoms with van der Waals surface area (Å²) in [5.41, 5.74) is 4.46. The summed E-state index contributed by atoms with van der Waals surface area (Å²) in [4.78, 5) is 23.6. The van der Waals surface area contributed by atoms with E-state index in [1.54, 1.807) is 11.2 Å². The average Bonchev–Trinajstić information content (AvgIpc) is 3.19. The Bertz CT molecular complexity index is 1270. The Balaban J connectivity index is 1.41. The van der Waals surface area contributed by atoms with Crippen LogP contribution in [0, 0.1) is 13.8 Å². The molecule has 5 rings (SSSR count). The number of aromatic nitrogens is 5. The largest absolute Gasteiger partial charge is 0.444 e. The van der Waals surface area contributed by atoms with Gasteiger partial charge in [-0.2, -0.15) is 0 Å². The van der Waals surface area contributed by atoms with E-state index >= 15 is 0 Å². The first-order chi connectivity index (χ1) is 17.0. The van der Waals surface area contributed by atoms with Gasteiger partial charge in [0.1, 0.15) is 17.8 Å². The lowest BCUT2D eigenvalue weighted by Crippen LogP contribution is -2.36.